The molecule has 0 bridgehead atoms. The van der Waals surface area contributed by atoms with Crippen LogP contribution in [-0.2, 0) is 13.5 Å². The molecule has 0 saturated carbocycles. The van der Waals surface area contributed by atoms with Gasteiger partial charge in [-0.25, -0.2) is 0 Å². The highest BCUT2D eigenvalue weighted by Gasteiger charge is 2.10. The minimum atomic E-state index is 0.620. The van der Waals surface area contributed by atoms with E-state index in [1.54, 1.807) is 0 Å². The van der Waals surface area contributed by atoms with Crippen molar-refractivity contribution in [2.45, 2.75) is 51.3 Å². The van der Waals surface area contributed by atoms with Crippen LogP contribution in [0.1, 0.15) is 39.2 Å². The van der Waals surface area contributed by atoms with Gasteiger partial charge in [-0.3, -0.25) is 4.68 Å². The van der Waals surface area contributed by atoms with Crippen LogP contribution in [0.15, 0.2) is 12.4 Å². The van der Waals surface area contributed by atoms with Crippen LogP contribution in [0.4, 0.5) is 0 Å². The Morgan fingerprint density at radius 1 is 1.44 bits per heavy atom. The number of rotatable bonds is 9. The first-order valence-corrected chi connectivity index (χ1v) is 8.03. The van der Waals surface area contributed by atoms with E-state index in [0.29, 0.717) is 6.04 Å². The van der Waals surface area contributed by atoms with E-state index < -0.39 is 0 Å². The Morgan fingerprint density at radius 3 is 2.78 bits per heavy atom. The Bertz CT molecular complexity index is 325. The number of thioether (sulfide) groups is 1. The van der Waals surface area contributed by atoms with Crippen LogP contribution >= 0.6 is 11.8 Å². The fourth-order valence-electron chi connectivity index (χ4n) is 1.87. The van der Waals surface area contributed by atoms with E-state index in [1.807, 2.05) is 17.9 Å². The van der Waals surface area contributed by atoms with E-state index in [-0.39, 0.29) is 0 Å². The van der Waals surface area contributed by atoms with Crippen LogP contribution in [-0.4, -0.2) is 33.4 Å². The number of hydrogen-bond acceptors (Lipinski definition) is 3. The summed E-state index contributed by atoms with van der Waals surface area (Å²) in [5, 5.41) is 8.58. The highest BCUT2D eigenvalue weighted by Crippen LogP contribution is 2.16. The summed E-state index contributed by atoms with van der Waals surface area (Å²) in [5.41, 5.74) is 1.34. The first-order valence-electron chi connectivity index (χ1n) is 6.98. The summed E-state index contributed by atoms with van der Waals surface area (Å²) in [4.78, 5) is 0. The lowest BCUT2D eigenvalue weighted by Gasteiger charge is -2.19. The Hall–Kier alpha value is -0.480. The van der Waals surface area contributed by atoms with Gasteiger partial charge in [0, 0.05) is 30.3 Å². The molecule has 1 N–H and O–H groups in total. The molecule has 18 heavy (non-hydrogen) atoms. The van der Waals surface area contributed by atoms with Crippen LogP contribution in [0.25, 0.3) is 0 Å². The van der Waals surface area contributed by atoms with Crippen molar-refractivity contribution in [3.63, 3.8) is 0 Å². The van der Waals surface area contributed by atoms with Gasteiger partial charge in [0.1, 0.15) is 0 Å². The van der Waals surface area contributed by atoms with Crippen LogP contribution < -0.4 is 5.32 Å². The maximum atomic E-state index is 4.22. The van der Waals surface area contributed by atoms with Crippen molar-refractivity contribution >= 4 is 11.8 Å². The summed E-state index contributed by atoms with van der Waals surface area (Å²) >= 11 is 2.08. The molecule has 3 nitrogen and oxygen atoms in total. The van der Waals surface area contributed by atoms with Gasteiger partial charge in [0.15, 0.2) is 0 Å². The lowest BCUT2D eigenvalue weighted by Crippen LogP contribution is -2.32. The van der Waals surface area contributed by atoms with Crippen LogP contribution in [0, 0.1) is 0 Å². The van der Waals surface area contributed by atoms with Gasteiger partial charge < -0.3 is 5.32 Å². The second-order valence-corrected chi connectivity index (χ2v) is 6.34. The fraction of sp³-hybridized carbons (Fsp3) is 0.786. The van der Waals surface area contributed by atoms with E-state index in [9.17, 15) is 0 Å². The molecule has 1 aromatic rings. The molecule has 0 saturated heterocycles. The van der Waals surface area contributed by atoms with Crippen LogP contribution in [0.3, 0.4) is 0 Å². The minimum Gasteiger partial charge on any atom is -0.313 e. The number of hydrogen-bond donors (Lipinski definition) is 1. The van der Waals surface area contributed by atoms with Crippen molar-refractivity contribution < 1.29 is 0 Å². The molecular formula is C14H27N3S. The molecule has 104 valence electrons. The number of nitrogens with zero attached hydrogens (tertiary/aromatic N) is 2. The van der Waals surface area contributed by atoms with Crippen LogP contribution in [0.5, 0.6) is 0 Å². The zero-order valence-corrected chi connectivity index (χ0v) is 13.0. The van der Waals surface area contributed by atoms with E-state index in [1.165, 1.54) is 24.2 Å². The molecule has 2 atom stereocenters. The van der Waals surface area contributed by atoms with Gasteiger partial charge >= 0.3 is 0 Å². The molecule has 1 aromatic heterocycles. The van der Waals surface area contributed by atoms with Crippen molar-refractivity contribution in [2.75, 3.05) is 12.3 Å². The molecule has 0 aromatic carbocycles. The smallest absolute Gasteiger partial charge is 0.0521 e. The Morgan fingerprint density at radius 2 is 2.22 bits per heavy atom. The third kappa shape index (κ3) is 5.91. The summed E-state index contributed by atoms with van der Waals surface area (Å²) in [6.07, 6.45) is 7.66. The summed E-state index contributed by atoms with van der Waals surface area (Å²) in [6.45, 7) is 7.81. The largest absolute Gasteiger partial charge is 0.313 e. The molecule has 0 aliphatic rings. The Kier molecular flexibility index (Phi) is 7.44. The molecule has 0 aliphatic heterocycles. The minimum absolute atomic E-state index is 0.620. The van der Waals surface area contributed by atoms with E-state index in [0.717, 1.165) is 18.2 Å². The molecule has 0 radical (unpaired) electrons. The molecule has 2 unspecified atom stereocenters. The molecule has 0 amide bonds. The highest BCUT2D eigenvalue weighted by atomic mass is 32.2. The normalized spacial score (nSPS) is 14.7. The molecule has 0 fully saturated rings. The van der Waals surface area contributed by atoms with Gasteiger partial charge in [-0.15, -0.1) is 0 Å². The lowest BCUT2D eigenvalue weighted by molar-refractivity contribution is 0.537. The van der Waals surface area contributed by atoms with Crippen molar-refractivity contribution in [3.05, 3.63) is 18.0 Å². The van der Waals surface area contributed by atoms with Crippen LogP contribution in [0.2, 0.25) is 0 Å². The van der Waals surface area contributed by atoms with Gasteiger partial charge in [-0.2, -0.15) is 16.9 Å². The molecule has 0 spiro atoms. The van der Waals surface area contributed by atoms with Gasteiger partial charge in [0.25, 0.3) is 0 Å². The zero-order chi connectivity index (χ0) is 13.4. The second-order valence-electron chi connectivity index (χ2n) is 4.87. The predicted octanol–water partition coefficient (Wildman–Crippen LogP) is 2.86. The van der Waals surface area contributed by atoms with Gasteiger partial charge in [-0.05, 0) is 31.4 Å². The monoisotopic (exact) mass is 269 g/mol. The number of nitrogens with one attached hydrogen (secondary N) is 1. The van der Waals surface area contributed by atoms with Crippen molar-refractivity contribution in [1.82, 2.24) is 15.1 Å². The van der Waals surface area contributed by atoms with E-state index in [2.05, 4.69) is 49.1 Å². The van der Waals surface area contributed by atoms with Crippen molar-refractivity contribution in [2.24, 2.45) is 7.05 Å². The average molecular weight is 269 g/mol. The van der Waals surface area contributed by atoms with Gasteiger partial charge in [0.05, 0.1) is 6.20 Å². The lowest BCUT2D eigenvalue weighted by atomic mass is 10.1. The van der Waals surface area contributed by atoms with Crippen molar-refractivity contribution in [1.29, 1.82) is 0 Å². The molecule has 0 aliphatic carbocycles. The summed E-state index contributed by atoms with van der Waals surface area (Å²) < 4.78 is 1.88. The second kappa shape index (κ2) is 8.59. The first-order chi connectivity index (χ1) is 8.65. The summed E-state index contributed by atoms with van der Waals surface area (Å²) in [7, 11) is 1.98. The van der Waals surface area contributed by atoms with E-state index >= 15 is 0 Å². The average Bonchev–Trinajstić information content (AvgIpc) is 2.78. The summed E-state index contributed by atoms with van der Waals surface area (Å²) in [6, 6.07) is 0.620. The highest BCUT2D eigenvalue weighted by molar-refractivity contribution is 7.99. The molecule has 1 heterocycles. The van der Waals surface area contributed by atoms with E-state index in [4.69, 9.17) is 0 Å². The Labute approximate surface area is 116 Å². The summed E-state index contributed by atoms with van der Waals surface area (Å²) in [5.74, 6) is 1.21. The third-order valence-electron chi connectivity index (χ3n) is 3.19. The standard InChI is InChI=1S/C14H27N3S/c1-5-12(3)18-11-14(15-6-2)8-7-13-9-16-17(4)10-13/h9-10,12,14-15H,5-8,11H2,1-4H3. The third-order valence-corrected chi connectivity index (χ3v) is 4.69. The maximum absolute atomic E-state index is 4.22. The number of aryl methyl sites for hydroxylation is 2. The SMILES string of the molecule is CCNC(CCc1cnn(C)c1)CSC(C)CC. The number of aromatic nitrogens is 2. The zero-order valence-electron chi connectivity index (χ0n) is 12.1. The maximum Gasteiger partial charge on any atom is 0.0521 e. The molecule has 1 rings (SSSR count). The first kappa shape index (κ1) is 15.6. The molecule has 4 heteroatoms. The molecular weight excluding hydrogens is 242 g/mol. The fourth-order valence-corrected chi connectivity index (χ4v) is 2.95. The van der Waals surface area contributed by atoms with Crippen molar-refractivity contribution in [3.8, 4) is 0 Å². The Balaban J connectivity index is 2.32. The van der Waals surface area contributed by atoms with Gasteiger partial charge in [-0.1, -0.05) is 20.8 Å². The predicted molar refractivity (Wildman–Crippen MR) is 81.2 cm³/mol. The van der Waals surface area contributed by atoms with Gasteiger partial charge in [0.2, 0.25) is 0 Å². The topological polar surface area (TPSA) is 29.9 Å². The quantitative estimate of drug-likeness (QED) is 0.747.